The Morgan fingerprint density at radius 1 is 1.24 bits per heavy atom. The number of H-pyrrole nitrogens is 1. The van der Waals surface area contributed by atoms with Gasteiger partial charge in [0.15, 0.2) is 0 Å². The molecule has 54 heavy (non-hydrogen) atoms. The van der Waals surface area contributed by atoms with E-state index in [-0.39, 0.29) is 18.3 Å². The molecule has 0 spiro atoms. The van der Waals surface area contributed by atoms with E-state index in [9.17, 15) is 9.18 Å². The fraction of sp³-hybridized carbons (Fsp3) is 0.310. The molecule has 1 unspecified atom stereocenters. The fourth-order valence-corrected chi connectivity index (χ4v) is 6.46. The largest absolute Gasteiger partial charge is 0.473 e. The van der Waals surface area contributed by atoms with E-state index in [0.29, 0.717) is 17.0 Å². The van der Waals surface area contributed by atoms with Gasteiger partial charge >= 0.3 is 0 Å². The van der Waals surface area contributed by atoms with E-state index < -0.39 is 5.82 Å². The number of hydrogen-bond donors (Lipinski definition) is 2. The highest BCUT2D eigenvalue weighted by atomic mass is 19.1. The van der Waals surface area contributed by atoms with Crippen LogP contribution in [0.3, 0.4) is 0 Å². The third-order valence-electron chi connectivity index (χ3n) is 9.72. The molecule has 7 rings (SSSR count). The number of aromatic nitrogens is 4. The molecule has 1 atom stereocenters. The molecule has 1 fully saturated rings. The van der Waals surface area contributed by atoms with Crippen LogP contribution in [0.15, 0.2) is 89.3 Å². The molecule has 278 valence electrons. The second-order valence-electron chi connectivity index (χ2n) is 13.4. The molecule has 1 saturated heterocycles. The monoisotopic (exact) mass is 728 g/mol. The van der Waals surface area contributed by atoms with Crippen molar-refractivity contribution in [3.05, 3.63) is 124 Å². The average Bonchev–Trinajstić information content (AvgIpc) is 3.72. The molecule has 3 aromatic carbocycles. The number of carbonyl (C=O) groups excluding carboxylic acids is 1. The molecular formula is C42H45FN8O3. The third kappa shape index (κ3) is 9.17. The second-order valence-corrected chi connectivity index (χ2v) is 13.4. The first-order valence-electron chi connectivity index (χ1n) is 18.0. The van der Waals surface area contributed by atoms with Crippen LogP contribution in [-0.2, 0) is 29.2 Å². The number of nitriles is 1. The number of rotatable bonds is 13. The van der Waals surface area contributed by atoms with Crippen molar-refractivity contribution >= 4 is 40.6 Å². The molecular weight excluding hydrogens is 684 g/mol. The number of hydrogen-bond acceptors (Lipinski definition) is 9. The number of nitrogens with zero attached hydrogens (tertiary/aromatic N) is 6. The molecule has 0 aliphatic carbocycles. The van der Waals surface area contributed by atoms with Crippen LogP contribution in [0.25, 0.3) is 21.9 Å². The van der Waals surface area contributed by atoms with Crippen molar-refractivity contribution < 1.29 is 18.7 Å². The van der Waals surface area contributed by atoms with Crippen molar-refractivity contribution in [2.75, 3.05) is 32.1 Å². The minimum absolute atomic E-state index is 0.00302. The number of aliphatic imine (C=N–C) groups is 1. The van der Waals surface area contributed by atoms with Crippen LogP contribution < -0.4 is 5.32 Å². The van der Waals surface area contributed by atoms with Crippen LogP contribution in [0.2, 0.25) is 0 Å². The molecule has 0 saturated carbocycles. The molecule has 12 heteroatoms. The van der Waals surface area contributed by atoms with E-state index in [4.69, 9.17) is 19.7 Å². The topological polar surface area (TPSA) is 133 Å². The number of aryl methyl sites for hydroxylation is 2. The van der Waals surface area contributed by atoms with Crippen molar-refractivity contribution in [2.24, 2.45) is 4.99 Å². The smallest absolute Gasteiger partial charge is 0.212 e. The summed E-state index contributed by atoms with van der Waals surface area (Å²) in [5, 5.41) is 20.4. The third-order valence-corrected chi connectivity index (χ3v) is 9.72. The predicted molar refractivity (Wildman–Crippen MR) is 210 cm³/mol. The Hall–Kier alpha value is -5.90. The van der Waals surface area contributed by atoms with Gasteiger partial charge < -0.3 is 19.4 Å². The Balaban J connectivity index is 0.000000321. The van der Waals surface area contributed by atoms with E-state index >= 15 is 0 Å². The highest BCUT2D eigenvalue weighted by molar-refractivity contribution is 5.87. The summed E-state index contributed by atoms with van der Waals surface area (Å²) >= 11 is 0. The molecule has 2 aromatic heterocycles. The van der Waals surface area contributed by atoms with Gasteiger partial charge in [-0.25, -0.2) is 14.4 Å². The Morgan fingerprint density at radius 2 is 2.09 bits per heavy atom. The summed E-state index contributed by atoms with van der Waals surface area (Å²) < 4.78 is 27.6. The molecule has 11 nitrogen and oxygen atoms in total. The number of aromatic amines is 1. The summed E-state index contributed by atoms with van der Waals surface area (Å²) in [7, 11) is 1.93. The number of nitrogens with one attached hydrogen (secondary N) is 2. The van der Waals surface area contributed by atoms with Gasteiger partial charge in [-0.05, 0) is 93.9 Å². The van der Waals surface area contributed by atoms with Crippen LogP contribution >= 0.6 is 0 Å². The number of anilines is 1. The van der Waals surface area contributed by atoms with Crippen molar-refractivity contribution in [1.29, 1.82) is 5.26 Å². The number of allylic oxidation sites excluding steroid dienone is 3. The van der Waals surface area contributed by atoms with Gasteiger partial charge in [0.1, 0.15) is 24.5 Å². The van der Waals surface area contributed by atoms with Gasteiger partial charge in [-0.2, -0.15) is 10.4 Å². The molecule has 2 aliphatic heterocycles. The maximum Gasteiger partial charge on any atom is 0.212 e. The van der Waals surface area contributed by atoms with Gasteiger partial charge in [0.25, 0.3) is 0 Å². The predicted octanol–water partition coefficient (Wildman–Crippen LogP) is 7.71. The fourth-order valence-electron chi connectivity index (χ4n) is 6.46. The van der Waals surface area contributed by atoms with Crippen LogP contribution in [0.4, 0.5) is 10.1 Å². The highest BCUT2D eigenvalue weighted by Gasteiger charge is 2.23. The summed E-state index contributed by atoms with van der Waals surface area (Å²) in [6.45, 7) is 11.7. The van der Waals surface area contributed by atoms with Crippen molar-refractivity contribution in [3.63, 3.8) is 0 Å². The first-order valence-corrected chi connectivity index (χ1v) is 18.0. The Kier molecular flexibility index (Phi) is 12.4. The summed E-state index contributed by atoms with van der Waals surface area (Å²) in [5.41, 5.74) is 9.01. The molecule has 2 aliphatic rings. The minimum atomic E-state index is -0.488. The summed E-state index contributed by atoms with van der Waals surface area (Å²) in [6.07, 6.45) is 11.7. The molecule has 2 N–H and O–H groups in total. The molecule has 0 bridgehead atoms. The molecule has 5 aromatic rings. The lowest BCUT2D eigenvalue weighted by atomic mass is 10.0. The maximum atomic E-state index is 14.1. The minimum Gasteiger partial charge on any atom is -0.473 e. The highest BCUT2D eigenvalue weighted by Crippen LogP contribution is 2.25. The number of fused-ring (bicyclic) bond motifs is 2. The van der Waals surface area contributed by atoms with Gasteiger partial charge in [-0.1, -0.05) is 29.9 Å². The molecule has 4 heterocycles. The van der Waals surface area contributed by atoms with E-state index in [1.165, 1.54) is 28.7 Å². The van der Waals surface area contributed by atoms with Crippen LogP contribution in [0, 0.1) is 31.0 Å². The lowest BCUT2D eigenvalue weighted by Crippen LogP contribution is -2.33. The first-order chi connectivity index (χ1) is 26.3. The lowest BCUT2D eigenvalue weighted by molar-refractivity contribution is -0.0591. The van der Waals surface area contributed by atoms with Gasteiger partial charge in [0, 0.05) is 54.6 Å². The van der Waals surface area contributed by atoms with Crippen LogP contribution in [-0.4, -0.2) is 70.5 Å². The zero-order valence-electron chi connectivity index (χ0n) is 30.9. The zero-order chi connectivity index (χ0) is 38.0. The SMILES string of the molecule is C=N/C(=C\C=C/CC1=CCN(Cc2nc3ccc(C=O)cc3n2CC2CCO2)CC1)OCc1ccc(C#N)cc1F.CNc1cc(C)c2n[nH]c(C)c2c1. The van der Waals surface area contributed by atoms with Crippen molar-refractivity contribution in [2.45, 2.75) is 58.9 Å². The number of carbonyl (C=O) groups is 1. The van der Waals surface area contributed by atoms with Gasteiger partial charge in [0.2, 0.25) is 5.88 Å². The first kappa shape index (κ1) is 37.8. The standard InChI is InChI=1S/C32H32FN5O3.C10H13N3/c1-35-32(41-22-26-8-6-24(18-34)16-28(26)33)5-3-2-4-23-10-13-37(14-11-23)20-31-36-29-9-7-25(21-39)17-30(29)38(31)19-27-12-15-40-27;1-6-4-8(11-3)5-9-7(2)12-13-10(6)9/h2-3,5-10,16-17,21,27H,1,4,11-15,19-20,22H2;4-5,11H,1-3H3,(H,12,13)/b3-2-,32-5+;. The Bertz CT molecular complexity index is 2270. The quantitative estimate of drug-likeness (QED) is 0.0414. The zero-order valence-corrected chi connectivity index (χ0v) is 30.9. The number of benzene rings is 3. The van der Waals surface area contributed by atoms with Gasteiger partial charge in [-0.15, -0.1) is 0 Å². The van der Waals surface area contributed by atoms with Crippen LogP contribution in [0.1, 0.15) is 57.8 Å². The van der Waals surface area contributed by atoms with E-state index in [0.717, 1.165) is 92.1 Å². The summed E-state index contributed by atoms with van der Waals surface area (Å²) in [6, 6.07) is 16.0. The van der Waals surface area contributed by atoms with E-state index in [1.807, 2.05) is 50.4 Å². The molecule has 0 radical (unpaired) electrons. The van der Waals surface area contributed by atoms with Crippen molar-refractivity contribution in [3.8, 4) is 6.07 Å². The van der Waals surface area contributed by atoms with E-state index in [1.54, 1.807) is 12.1 Å². The van der Waals surface area contributed by atoms with Gasteiger partial charge in [-0.3, -0.25) is 14.8 Å². The summed E-state index contributed by atoms with van der Waals surface area (Å²) in [4.78, 5) is 22.5. The van der Waals surface area contributed by atoms with Crippen molar-refractivity contribution in [1.82, 2.24) is 24.6 Å². The molecule has 0 amide bonds. The second kappa shape index (κ2) is 17.7. The maximum absolute atomic E-state index is 14.1. The number of ether oxygens (including phenoxy) is 2. The number of halogens is 1. The Morgan fingerprint density at radius 3 is 2.78 bits per heavy atom. The van der Waals surface area contributed by atoms with Gasteiger partial charge in [0.05, 0.1) is 47.4 Å². The number of aldehydes is 1. The van der Waals surface area contributed by atoms with E-state index in [2.05, 4.69) is 61.8 Å². The number of imidazole rings is 1. The average molecular weight is 729 g/mol. The van der Waals surface area contributed by atoms with Crippen LogP contribution in [0.5, 0.6) is 0 Å². The Labute approximate surface area is 314 Å². The summed E-state index contributed by atoms with van der Waals surface area (Å²) in [5.74, 6) is 0.799. The normalized spacial score (nSPS) is 16.0. The lowest BCUT2D eigenvalue weighted by Gasteiger charge is -2.29.